The number of nitrogens with zero attached hydrogens (tertiary/aromatic N) is 8. The van der Waals surface area contributed by atoms with Gasteiger partial charge in [-0.1, -0.05) is 12.1 Å². The molecule has 54 heavy (non-hydrogen) atoms. The van der Waals surface area contributed by atoms with Crippen LogP contribution in [-0.2, 0) is 11.0 Å². The Bertz CT molecular complexity index is 2250. The van der Waals surface area contributed by atoms with Crippen LogP contribution in [0.3, 0.4) is 0 Å². The Hall–Kier alpha value is -5.53. The molecule has 0 spiro atoms. The normalized spacial score (nSPS) is 21.6. The fourth-order valence-corrected chi connectivity index (χ4v) is 8.19. The first-order valence-electron chi connectivity index (χ1n) is 18.2. The van der Waals surface area contributed by atoms with Crippen LogP contribution in [0.4, 0.5) is 24.7 Å². The van der Waals surface area contributed by atoms with Gasteiger partial charge in [0.05, 0.1) is 29.0 Å². The average molecular weight is 741 g/mol. The summed E-state index contributed by atoms with van der Waals surface area (Å²) in [6.07, 6.45) is 6.28. The number of aliphatic hydroxyl groups is 1. The van der Waals surface area contributed by atoms with Crippen molar-refractivity contribution in [1.29, 1.82) is 5.26 Å². The molecule has 0 bridgehead atoms. The molecule has 0 radical (unpaired) electrons. The Morgan fingerprint density at radius 2 is 1.85 bits per heavy atom. The topological polar surface area (TPSA) is 157 Å². The number of halogens is 3. The van der Waals surface area contributed by atoms with Crippen LogP contribution in [0.15, 0.2) is 61.1 Å². The van der Waals surface area contributed by atoms with Crippen LogP contribution in [0.2, 0.25) is 0 Å². The lowest BCUT2D eigenvalue weighted by molar-refractivity contribution is -0.141. The third-order valence-electron chi connectivity index (χ3n) is 11.0. The molecule has 2 aliphatic heterocycles. The number of carbonyl (C=O) groups is 2. The number of imidazole rings is 1. The summed E-state index contributed by atoms with van der Waals surface area (Å²) in [6.45, 7) is 3.48. The lowest BCUT2D eigenvalue weighted by Gasteiger charge is -2.37. The minimum atomic E-state index is -4.69. The number of nitriles is 1. The molecule has 4 aromatic heterocycles. The Labute approximate surface area is 308 Å². The van der Waals surface area contributed by atoms with Gasteiger partial charge in [-0.25, -0.2) is 9.97 Å². The third-order valence-corrected chi connectivity index (χ3v) is 11.0. The van der Waals surface area contributed by atoms with Gasteiger partial charge in [-0.2, -0.15) is 23.5 Å². The molecule has 5 aromatic rings. The lowest BCUT2D eigenvalue weighted by atomic mass is 9.84. The van der Waals surface area contributed by atoms with E-state index in [0.717, 1.165) is 81.8 Å². The molecule has 1 saturated carbocycles. The standard InChI is InChI=1S/C38H39F3N10O3/c39-38(40,41)32-5-1-4-29(44-32)36(53)45-30-18-26-22-51(47-31(26)17-25(30)19-42)27-8-6-23(7-9-27)21-48-14-10-24(11-15-48)28-3-2-13-49-34(20-43-35(28)49)50-16-12-33(52)46-37(50)54/h1-5,13,17-18,20,22-24,27,37,54H,6-12,14-16,21H2,(H,45,53)(H,46,52)/t23-,27-,37?. The molecule has 3 fully saturated rings. The molecule has 8 rings (SSSR count). The number of carbonyl (C=O) groups excluding carboxylic acids is 2. The van der Waals surface area contributed by atoms with Gasteiger partial charge in [0.25, 0.3) is 5.91 Å². The van der Waals surface area contributed by atoms with Gasteiger partial charge in [0.15, 0.2) is 0 Å². The quantitative estimate of drug-likeness (QED) is 0.198. The van der Waals surface area contributed by atoms with Gasteiger partial charge in [-0.15, -0.1) is 0 Å². The fraction of sp³-hybridized carbons (Fsp3) is 0.421. The van der Waals surface area contributed by atoms with E-state index in [1.165, 1.54) is 11.6 Å². The summed E-state index contributed by atoms with van der Waals surface area (Å²) in [5.74, 6) is 0.700. The van der Waals surface area contributed by atoms with Crippen molar-refractivity contribution in [3.63, 3.8) is 0 Å². The maximum Gasteiger partial charge on any atom is 0.433 e. The van der Waals surface area contributed by atoms with E-state index < -0.39 is 29.8 Å². The maximum atomic E-state index is 13.1. The highest BCUT2D eigenvalue weighted by molar-refractivity contribution is 6.04. The zero-order valence-corrected chi connectivity index (χ0v) is 29.3. The van der Waals surface area contributed by atoms with E-state index in [9.17, 15) is 33.1 Å². The molecule has 1 aliphatic carbocycles. The Morgan fingerprint density at radius 3 is 2.59 bits per heavy atom. The molecular weight excluding hydrogens is 701 g/mol. The summed E-state index contributed by atoms with van der Waals surface area (Å²) in [5.41, 5.74) is 1.46. The number of likely N-dealkylation sites (tertiary alicyclic amines) is 1. The Balaban J connectivity index is 0.859. The summed E-state index contributed by atoms with van der Waals surface area (Å²) in [4.78, 5) is 37.1. The number of pyridine rings is 2. The number of aromatic nitrogens is 5. The van der Waals surface area contributed by atoms with Crippen LogP contribution >= 0.6 is 0 Å². The van der Waals surface area contributed by atoms with Crippen LogP contribution in [0, 0.1) is 17.2 Å². The molecule has 16 heteroatoms. The third kappa shape index (κ3) is 7.08. The van der Waals surface area contributed by atoms with E-state index in [2.05, 4.69) is 32.7 Å². The van der Waals surface area contributed by atoms with Gasteiger partial charge in [0.1, 0.15) is 28.9 Å². The van der Waals surface area contributed by atoms with Gasteiger partial charge in [0.2, 0.25) is 12.3 Å². The number of alkyl halides is 3. The van der Waals surface area contributed by atoms with Crippen molar-refractivity contribution in [3.8, 4) is 6.07 Å². The fourth-order valence-electron chi connectivity index (χ4n) is 8.19. The number of nitrogens with one attached hydrogen (secondary N) is 2. The summed E-state index contributed by atoms with van der Waals surface area (Å²) >= 11 is 0. The second-order valence-electron chi connectivity index (χ2n) is 14.4. The van der Waals surface area contributed by atoms with Gasteiger partial charge in [0, 0.05) is 37.3 Å². The first kappa shape index (κ1) is 35.5. The molecule has 1 aromatic carbocycles. The van der Waals surface area contributed by atoms with Gasteiger partial charge in [-0.05, 0) is 99.3 Å². The zero-order valence-electron chi connectivity index (χ0n) is 29.3. The second kappa shape index (κ2) is 14.4. The minimum absolute atomic E-state index is 0.153. The van der Waals surface area contributed by atoms with Gasteiger partial charge in [-0.3, -0.25) is 18.7 Å². The molecule has 6 heterocycles. The van der Waals surface area contributed by atoms with E-state index in [-0.39, 0.29) is 23.2 Å². The number of amides is 2. The summed E-state index contributed by atoms with van der Waals surface area (Å²) in [5, 5.41) is 30.9. The van der Waals surface area contributed by atoms with Crippen LogP contribution in [-0.4, -0.2) is 78.5 Å². The van der Waals surface area contributed by atoms with E-state index in [1.54, 1.807) is 23.2 Å². The number of aliphatic hydroxyl groups excluding tert-OH is 1. The van der Waals surface area contributed by atoms with Crippen molar-refractivity contribution < 1.29 is 27.9 Å². The first-order valence-corrected chi connectivity index (χ1v) is 18.2. The summed E-state index contributed by atoms with van der Waals surface area (Å²) in [7, 11) is 0. The van der Waals surface area contributed by atoms with E-state index in [1.807, 2.05) is 27.5 Å². The van der Waals surface area contributed by atoms with Crippen LogP contribution in [0.25, 0.3) is 16.6 Å². The summed E-state index contributed by atoms with van der Waals surface area (Å²) < 4.78 is 43.4. The SMILES string of the molecule is N#Cc1cc2nn([C@H]3CC[C@H](CN4CCC(c5cccn6c(N7CCC(=O)NC7O)cnc56)CC4)CC3)cc2cc1NC(=O)c1cccc(C(F)(F)F)n1. The summed E-state index contributed by atoms with van der Waals surface area (Å²) in [6, 6.07) is 12.7. The first-order chi connectivity index (χ1) is 26.0. The number of piperidine rings is 1. The largest absolute Gasteiger partial charge is 0.433 e. The Kier molecular flexibility index (Phi) is 9.44. The lowest BCUT2D eigenvalue weighted by Crippen LogP contribution is -2.54. The zero-order chi connectivity index (χ0) is 37.6. The van der Waals surface area contributed by atoms with Crippen LogP contribution in [0.1, 0.15) is 84.2 Å². The molecular formula is C38H39F3N10O3. The monoisotopic (exact) mass is 740 g/mol. The van der Waals surface area contributed by atoms with Crippen molar-refractivity contribution in [3.05, 3.63) is 83.6 Å². The highest BCUT2D eigenvalue weighted by Gasteiger charge is 2.33. The Morgan fingerprint density at radius 1 is 1.06 bits per heavy atom. The van der Waals surface area contributed by atoms with Gasteiger partial charge >= 0.3 is 6.18 Å². The maximum absolute atomic E-state index is 13.1. The number of fused-ring (bicyclic) bond motifs is 2. The van der Waals surface area contributed by atoms with E-state index >= 15 is 0 Å². The molecule has 3 aliphatic rings. The predicted molar refractivity (Wildman–Crippen MR) is 192 cm³/mol. The molecule has 1 atom stereocenters. The predicted octanol–water partition coefficient (Wildman–Crippen LogP) is 5.43. The average Bonchev–Trinajstić information content (AvgIpc) is 3.79. The number of benzene rings is 1. The van der Waals surface area contributed by atoms with Crippen molar-refractivity contribution in [2.24, 2.45) is 5.92 Å². The number of anilines is 2. The van der Waals surface area contributed by atoms with Crippen molar-refractivity contribution in [1.82, 2.24) is 34.4 Å². The minimum Gasteiger partial charge on any atom is -0.356 e. The second-order valence-corrected chi connectivity index (χ2v) is 14.4. The molecule has 13 nitrogen and oxygen atoms in total. The van der Waals surface area contributed by atoms with Crippen molar-refractivity contribution in [2.75, 3.05) is 36.4 Å². The van der Waals surface area contributed by atoms with Crippen molar-refractivity contribution >= 4 is 39.9 Å². The molecule has 2 amide bonds. The number of hydrogen-bond acceptors (Lipinski definition) is 9. The van der Waals surface area contributed by atoms with E-state index in [4.69, 9.17) is 10.1 Å². The van der Waals surface area contributed by atoms with Gasteiger partial charge < -0.3 is 25.5 Å². The highest BCUT2D eigenvalue weighted by Crippen LogP contribution is 2.37. The van der Waals surface area contributed by atoms with Crippen LogP contribution in [0.5, 0.6) is 0 Å². The number of rotatable bonds is 7. The molecule has 280 valence electrons. The molecule has 3 N–H and O–H groups in total. The smallest absolute Gasteiger partial charge is 0.356 e. The van der Waals surface area contributed by atoms with E-state index in [0.29, 0.717) is 35.7 Å². The number of hydrogen-bond donors (Lipinski definition) is 3. The van der Waals surface area contributed by atoms with Crippen LogP contribution < -0.4 is 15.5 Å². The van der Waals surface area contributed by atoms with Crippen molar-refractivity contribution in [2.45, 2.75) is 69.4 Å². The molecule has 2 saturated heterocycles. The highest BCUT2D eigenvalue weighted by atomic mass is 19.4. The molecule has 1 unspecified atom stereocenters.